The van der Waals surface area contributed by atoms with Crippen LogP contribution >= 0.6 is 11.8 Å². The summed E-state index contributed by atoms with van der Waals surface area (Å²) in [4.78, 5) is 8.95. The molecule has 0 spiro atoms. The first-order valence-electron chi connectivity index (χ1n) is 8.08. The van der Waals surface area contributed by atoms with Crippen molar-refractivity contribution in [2.45, 2.75) is 24.2 Å². The average Bonchev–Trinajstić information content (AvgIpc) is 3.09. The maximum atomic E-state index is 5.38. The summed E-state index contributed by atoms with van der Waals surface area (Å²) in [6, 6.07) is 14.1. The van der Waals surface area contributed by atoms with Crippen molar-refractivity contribution in [3.63, 3.8) is 0 Å². The molecule has 0 aliphatic carbocycles. The van der Waals surface area contributed by atoms with Crippen LogP contribution in [-0.4, -0.2) is 28.8 Å². The van der Waals surface area contributed by atoms with E-state index in [1.807, 2.05) is 36.5 Å². The quantitative estimate of drug-likeness (QED) is 0.592. The van der Waals surface area contributed by atoms with Crippen LogP contribution in [0.2, 0.25) is 0 Å². The summed E-state index contributed by atoms with van der Waals surface area (Å²) in [7, 11) is 3.22. The molecule has 2 heterocycles. The predicted molar refractivity (Wildman–Crippen MR) is 100 cm³/mol. The Labute approximate surface area is 152 Å². The number of hydrogen-bond donors (Lipinski definition) is 0. The summed E-state index contributed by atoms with van der Waals surface area (Å²) >= 11 is 1.72. The Morgan fingerprint density at radius 2 is 1.84 bits per heavy atom. The molecule has 0 atom stereocenters. The zero-order chi connectivity index (χ0) is 17.6. The van der Waals surface area contributed by atoms with E-state index in [1.54, 1.807) is 26.0 Å². The van der Waals surface area contributed by atoms with Gasteiger partial charge >= 0.3 is 0 Å². The van der Waals surface area contributed by atoms with Crippen molar-refractivity contribution in [3.8, 4) is 23.1 Å². The molecule has 0 fully saturated rings. The van der Waals surface area contributed by atoms with E-state index in [0.29, 0.717) is 11.8 Å². The van der Waals surface area contributed by atoms with Gasteiger partial charge in [0.05, 0.1) is 25.4 Å². The number of thioether (sulfide) groups is 1. The minimum atomic E-state index is 0.551. The Balaban J connectivity index is 1.81. The number of nitrogens with zero attached hydrogens (tertiary/aromatic N) is 3. The number of benzene rings is 1. The number of pyridine rings is 1. The number of ether oxygens (including phenoxy) is 2. The SMILES string of the molecule is CCn1c(SCc2ccc(OC)nc2OC)cnc1-c1ccccc1. The summed E-state index contributed by atoms with van der Waals surface area (Å²) in [5, 5.41) is 1.12. The Morgan fingerprint density at radius 1 is 1.04 bits per heavy atom. The van der Waals surface area contributed by atoms with Crippen LogP contribution in [0, 0.1) is 0 Å². The summed E-state index contributed by atoms with van der Waals surface area (Å²) in [6.45, 7) is 3.00. The standard InChI is InChI=1S/C19H21N3O2S/c1-4-22-17(12-20-18(22)14-8-6-5-7-9-14)25-13-15-10-11-16(23-2)21-19(15)24-3/h5-12H,4,13H2,1-3H3. The normalized spacial score (nSPS) is 10.7. The van der Waals surface area contributed by atoms with E-state index >= 15 is 0 Å². The molecule has 0 N–H and O–H groups in total. The topological polar surface area (TPSA) is 49.2 Å². The fourth-order valence-corrected chi connectivity index (χ4v) is 3.62. The van der Waals surface area contributed by atoms with E-state index in [4.69, 9.17) is 9.47 Å². The van der Waals surface area contributed by atoms with Gasteiger partial charge < -0.3 is 14.0 Å². The lowest BCUT2D eigenvalue weighted by Crippen LogP contribution is -2.00. The van der Waals surface area contributed by atoms with Crippen molar-refractivity contribution >= 4 is 11.8 Å². The highest BCUT2D eigenvalue weighted by molar-refractivity contribution is 7.98. The summed E-state index contributed by atoms with van der Waals surface area (Å²) in [5.74, 6) is 2.89. The molecule has 25 heavy (non-hydrogen) atoms. The average molecular weight is 355 g/mol. The van der Waals surface area contributed by atoms with Crippen LogP contribution in [0.4, 0.5) is 0 Å². The van der Waals surface area contributed by atoms with Gasteiger partial charge in [-0.05, 0) is 13.0 Å². The van der Waals surface area contributed by atoms with Crippen molar-refractivity contribution < 1.29 is 9.47 Å². The van der Waals surface area contributed by atoms with Gasteiger partial charge in [-0.1, -0.05) is 30.3 Å². The largest absolute Gasteiger partial charge is 0.481 e. The lowest BCUT2D eigenvalue weighted by molar-refractivity contribution is 0.362. The maximum absolute atomic E-state index is 5.38. The van der Waals surface area contributed by atoms with Gasteiger partial charge in [-0.3, -0.25) is 0 Å². The second kappa shape index (κ2) is 8.07. The molecular formula is C19H21N3O2S. The number of hydrogen-bond acceptors (Lipinski definition) is 5. The minimum Gasteiger partial charge on any atom is -0.481 e. The Kier molecular flexibility index (Phi) is 5.60. The second-order valence-electron chi connectivity index (χ2n) is 5.34. The summed E-state index contributed by atoms with van der Waals surface area (Å²) in [6.07, 6.45) is 1.93. The van der Waals surface area contributed by atoms with Crippen molar-refractivity contribution in [1.82, 2.24) is 14.5 Å². The number of rotatable bonds is 7. The monoisotopic (exact) mass is 355 g/mol. The third-order valence-electron chi connectivity index (χ3n) is 3.86. The minimum absolute atomic E-state index is 0.551. The Morgan fingerprint density at radius 3 is 2.52 bits per heavy atom. The van der Waals surface area contributed by atoms with Crippen LogP contribution in [0.15, 0.2) is 53.7 Å². The van der Waals surface area contributed by atoms with E-state index in [0.717, 1.165) is 34.3 Å². The third kappa shape index (κ3) is 3.79. The lowest BCUT2D eigenvalue weighted by atomic mass is 10.2. The molecule has 3 rings (SSSR count). The van der Waals surface area contributed by atoms with Crippen LogP contribution < -0.4 is 9.47 Å². The van der Waals surface area contributed by atoms with Gasteiger partial charge in [0.2, 0.25) is 11.8 Å². The molecule has 130 valence electrons. The first-order chi connectivity index (χ1) is 12.3. The molecule has 0 unspecified atom stereocenters. The highest BCUT2D eigenvalue weighted by Gasteiger charge is 2.13. The molecule has 6 heteroatoms. The molecule has 0 aliphatic heterocycles. The Hall–Kier alpha value is -2.47. The van der Waals surface area contributed by atoms with Crippen molar-refractivity contribution in [1.29, 1.82) is 0 Å². The molecule has 3 aromatic rings. The van der Waals surface area contributed by atoms with Gasteiger partial charge in [0.15, 0.2) is 0 Å². The highest BCUT2D eigenvalue weighted by atomic mass is 32.2. The van der Waals surface area contributed by atoms with Crippen LogP contribution in [0.3, 0.4) is 0 Å². The molecule has 0 saturated carbocycles. The Bertz CT molecular complexity index is 834. The predicted octanol–water partition coefficient (Wildman–Crippen LogP) is 4.27. The van der Waals surface area contributed by atoms with Crippen LogP contribution in [-0.2, 0) is 12.3 Å². The zero-order valence-corrected chi connectivity index (χ0v) is 15.4. The van der Waals surface area contributed by atoms with E-state index in [2.05, 4.69) is 33.6 Å². The molecule has 5 nitrogen and oxygen atoms in total. The lowest BCUT2D eigenvalue weighted by Gasteiger charge is -2.11. The molecule has 2 aromatic heterocycles. The molecule has 0 aliphatic rings. The van der Waals surface area contributed by atoms with Gasteiger partial charge in [0.1, 0.15) is 5.82 Å². The van der Waals surface area contributed by atoms with E-state index in [-0.39, 0.29) is 0 Å². The summed E-state index contributed by atoms with van der Waals surface area (Å²) in [5.41, 5.74) is 2.15. The van der Waals surface area contributed by atoms with E-state index in [9.17, 15) is 0 Å². The fourth-order valence-electron chi connectivity index (χ4n) is 2.60. The third-order valence-corrected chi connectivity index (χ3v) is 4.94. The van der Waals surface area contributed by atoms with E-state index < -0.39 is 0 Å². The highest BCUT2D eigenvalue weighted by Crippen LogP contribution is 2.31. The smallest absolute Gasteiger partial charge is 0.220 e. The molecule has 0 amide bonds. The molecule has 1 aromatic carbocycles. The van der Waals surface area contributed by atoms with Gasteiger partial charge in [0.25, 0.3) is 0 Å². The van der Waals surface area contributed by atoms with Gasteiger partial charge in [-0.15, -0.1) is 11.8 Å². The van der Waals surface area contributed by atoms with Crippen molar-refractivity contribution in [3.05, 3.63) is 54.2 Å². The molecular weight excluding hydrogens is 334 g/mol. The molecule has 0 radical (unpaired) electrons. The summed E-state index contributed by atoms with van der Waals surface area (Å²) < 4.78 is 12.8. The van der Waals surface area contributed by atoms with E-state index in [1.165, 1.54) is 0 Å². The van der Waals surface area contributed by atoms with Crippen molar-refractivity contribution in [2.24, 2.45) is 0 Å². The molecule has 0 bridgehead atoms. The maximum Gasteiger partial charge on any atom is 0.220 e. The number of aromatic nitrogens is 3. The van der Waals surface area contributed by atoms with Crippen LogP contribution in [0.5, 0.6) is 11.8 Å². The molecule has 0 saturated heterocycles. The van der Waals surface area contributed by atoms with Crippen molar-refractivity contribution in [2.75, 3.05) is 14.2 Å². The number of methoxy groups -OCH3 is 2. The van der Waals surface area contributed by atoms with Gasteiger partial charge in [0, 0.05) is 29.5 Å². The van der Waals surface area contributed by atoms with Gasteiger partial charge in [-0.2, -0.15) is 4.98 Å². The fraction of sp³-hybridized carbons (Fsp3) is 0.263. The zero-order valence-electron chi connectivity index (χ0n) is 14.6. The van der Waals surface area contributed by atoms with Gasteiger partial charge in [-0.25, -0.2) is 4.98 Å². The van der Waals surface area contributed by atoms with Crippen LogP contribution in [0.25, 0.3) is 11.4 Å². The second-order valence-corrected chi connectivity index (χ2v) is 6.34. The first-order valence-corrected chi connectivity index (χ1v) is 9.07. The number of imidazole rings is 1. The first kappa shape index (κ1) is 17.4. The van der Waals surface area contributed by atoms with Crippen LogP contribution in [0.1, 0.15) is 12.5 Å².